The molecule has 1 aromatic carbocycles. The molecule has 1 saturated heterocycles. The van der Waals surface area contributed by atoms with Crippen molar-refractivity contribution >= 4 is 29.0 Å². The van der Waals surface area contributed by atoms with Gasteiger partial charge in [-0.2, -0.15) is 4.98 Å². The molecule has 2 aromatic rings. The number of carbonyl (C=O) groups excluding carboxylic acids is 1. The first-order valence-electron chi connectivity index (χ1n) is 12.3. The molecule has 1 amide bonds. The number of carbonyl (C=O) groups is 1. The van der Waals surface area contributed by atoms with E-state index in [1.165, 1.54) is 44.2 Å². The van der Waals surface area contributed by atoms with Crippen LogP contribution in [0.5, 0.6) is 0 Å². The largest absolute Gasteiger partial charge is 0.369 e. The SMILES string of the molecule is NC(=O)c1nnc(Nc2ccc(N3CCN(C4CCCCC4)CC3)cc2)nc1NC1CCC1. The highest BCUT2D eigenvalue weighted by molar-refractivity contribution is 5.95. The molecule has 4 N–H and O–H groups in total. The van der Waals surface area contributed by atoms with Gasteiger partial charge in [-0.05, 0) is 56.4 Å². The number of nitrogens with two attached hydrogens (primary N) is 1. The molecule has 3 fully saturated rings. The van der Waals surface area contributed by atoms with Gasteiger partial charge >= 0.3 is 0 Å². The Kier molecular flexibility index (Phi) is 6.57. The van der Waals surface area contributed by atoms with Gasteiger partial charge in [0.05, 0.1) is 0 Å². The molecule has 0 spiro atoms. The van der Waals surface area contributed by atoms with Gasteiger partial charge in [-0.15, -0.1) is 10.2 Å². The van der Waals surface area contributed by atoms with E-state index in [1.54, 1.807) is 0 Å². The van der Waals surface area contributed by atoms with Crippen molar-refractivity contribution in [2.24, 2.45) is 5.73 Å². The van der Waals surface area contributed by atoms with Crippen molar-refractivity contribution in [3.05, 3.63) is 30.0 Å². The average Bonchev–Trinajstić information content (AvgIpc) is 2.83. The Morgan fingerprint density at radius 1 is 0.909 bits per heavy atom. The van der Waals surface area contributed by atoms with Crippen molar-refractivity contribution in [3.8, 4) is 0 Å². The van der Waals surface area contributed by atoms with E-state index < -0.39 is 5.91 Å². The lowest BCUT2D eigenvalue weighted by molar-refractivity contribution is 0.0995. The molecular weight excluding hydrogens is 416 g/mol. The fraction of sp³-hybridized carbons (Fsp3) is 0.583. The molecule has 9 heteroatoms. The van der Waals surface area contributed by atoms with Crippen LogP contribution in [0.4, 0.5) is 23.1 Å². The lowest BCUT2D eigenvalue weighted by atomic mass is 9.93. The number of hydrogen-bond acceptors (Lipinski definition) is 8. The van der Waals surface area contributed by atoms with Crippen molar-refractivity contribution in [3.63, 3.8) is 0 Å². The van der Waals surface area contributed by atoms with E-state index >= 15 is 0 Å². The fourth-order valence-corrected chi connectivity index (χ4v) is 5.07. The van der Waals surface area contributed by atoms with Gasteiger partial charge in [0.25, 0.3) is 5.91 Å². The standard InChI is InChI=1S/C24H34N8O/c25-22(33)21-23(26-17-5-4-6-17)28-24(30-29-21)27-18-9-11-20(12-10-18)32-15-13-31(14-16-32)19-7-2-1-3-8-19/h9-12,17,19H,1-8,13-16H2,(H2,25,33)(H2,26,27,28,30). The molecular formula is C24H34N8O. The van der Waals surface area contributed by atoms with Crippen LogP contribution in [0, 0.1) is 0 Å². The molecule has 1 aliphatic heterocycles. The maximum atomic E-state index is 11.7. The van der Waals surface area contributed by atoms with Crippen LogP contribution in [-0.4, -0.2) is 64.3 Å². The first-order chi connectivity index (χ1) is 16.2. The maximum Gasteiger partial charge on any atom is 0.273 e. The Balaban J connectivity index is 1.19. The molecule has 0 unspecified atom stereocenters. The molecule has 5 rings (SSSR count). The zero-order valence-corrected chi connectivity index (χ0v) is 19.2. The van der Waals surface area contributed by atoms with Gasteiger partial charge in [0, 0.05) is 49.6 Å². The predicted octanol–water partition coefficient (Wildman–Crippen LogP) is 3.13. The van der Waals surface area contributed by atoms with Gasteiger partial charge in [-0.3, -0.25) is 9.69 Å². The molecule has 1 aromatic heterocycles. The summed E-state index contributed by atoms with van der Waals surface area (Å²) in [5, 5.41) is 14.5. The average molecular weight is 451 g/mol. The van der Waals surface area contributed by atoms with Gasteiger partial charge in [0.1, 0.15) is 0 Å². The van der Waals surface area contributed by atoms with Crippen LogP contribution in [0.25, 0.3) is 0 Å². The highest BCUT2D eigenvalue weighted by atomic mass is 16.1. The summed E-state index contributed by atoms with van der Waals surface area (Å²) in [5.41, 5.74) is 7.63. The summed E-state index contributed by atoms with van der Waals surface area (Å²) in [5.74, 6) is 0.115. The number of rotatable bonds is 7. The number of amides is 1. The Hall–Kier alpha value is -2.94. The van der Waals surface area contributed by atoms with E-state index in [0.29, 0.717) is 17.8 Å². The van der Waals surface area contributed by atoms with Gasteiger partial charge in [-0.1, -0.05) is 19.3 Å². The van der Waals surface area contributed by atoms with E-state index in [1.807, 2.05) is 12.1 Å². The summed E-state index contributed by atoms with van der Waals surface area (Å²) in [7, 11) is 0. The molecule has 0 radical (unpaired) electrons. The monoisotopic (exact) mass is 450 g/mol. The third-order valence-corrected chi connectivity index (χ3v) is 7.26. The van der Waals surface area contributed by atoms with Crippen LogP contribution in [0.1, 0.15) is 61.9 Å². The van der Waals surface area contributed by atoms with E-state index in [0.717, 1.165) is 50.7 Å². The van der Waals surface area contributed by atoms with Crippen LogP contribution in [0.15, 0.2) is 24.3 Å². The topological polar surface area (TPSA) is 112 Å². The number of nitrogens with one attached hydrogen (secondary N) is 2. The van der Waals surface area contributed by atoms with Crippen molar-refractivity contribution in [2.75, 3.05) is 41.7 Å². The smallest absolute Gasteiger partial charge is 0.273 e. The summed E-state index contributed by atoms with van der Waals surface area (Å²) in [6.45, 7) is 4.43. The van der Waals surface area contributed by atoms with Gasteiger partial charge in [0.2, 0.25) is 5.95 Å². The highest BCUT2D eigenvalue weighted by Crippen LogP contribution is 2.27. The lowest BCUT2D eigenvalue weighted by Crippen LogP contribution is -2.50. The minimum atomic E-state index is -0.628. The molecule has 0 atom stereocenters. The van der Waals surface area contributed by atoms with Crippen molar-refractivity contribution < 1.29 is 4.79 Å². The summed E-state index contributed by atoms with van der Waals surface area (Å²) >= 11 is 0. The second kappa shape index (κ2) is 9.91. The van der Waals surface area contributed by atoms with Crippen molar-refractivity contribution in [1.29, 1.82) is 0 Å². The van der Waals surface area contributed by atoms with Crippen molar-refractivity contribution in [2.45, 2.75) is 63.5 Å². The van der Waals surface area contributed by atoms with E-state index in [4.69, 9.17) is 5.73 Å². The fourth-order valence-electron chi connectivity index (χ4n) is 5.07. The van der Waals surface area contributed by atoms with E-state index in [-0.39, 0.29) is 5.69 Å². The Labute approximate surface area is 195 Å². The first-order valence-corrected chi connectivity index (χ1v) is 12.3. The van der Waals surface area contributed by atoms with E-state index in [2.05, 4.69) is 47.7 Å². The Morgan fingerprint density at radius 2 is 1.64 bits per heavy atom. The summed E-state index contributed by atoms with van der Waals surface area (Å²) in [6.07, 6.45) is 10.2. The Bertz CT molecular complexity index is 947. The lowest BCUT2D eigenvalue weighted by Gasteiger charge is -2.41. The molecule has 0 bridgehead atoms. The zero-order valence-electron chi connectivity index (χ0n) is 19.2. The normalized spacial score (nSPS) is 20.3. The number of piperazine rings is 1. The quantitative estimate of drug-likeness (QED) is 0.590. The molecule has 2 saturated carbocycles. The minimum Gasteiger partial charge on any atom is -0.369 e. The highest BCUT2D eigenvalue weighted by Gasteiger charge is 2.25. The summed E-state index contributed by atoms with van der Waals surface area (Å²) in [6, 6.07) is 9.45. The number of nitrogens with zero attached hydrogens (tertiary/aromatic N) is 5. The zero-order chi connectivity index (χ0) is 22.6. The summed E-state index contributed by atoms with van der Waals surface area (Å²) in [4.78, 5) is 21.3. The Morgan fingerprint density at radius 3 is 2.27 bits per heavy atom. The second-order valence-corrected chi connectivity index (χ2v) is 9.46. The van der Waals surface area contributed by atoms with E-state index in [9.17, 15) is 4.79 Å². The van der Waals surface area contributed by atoms with Crippen LogP contribution in [-0.2, 0) is 0 Å². The minimum absolute atomic E-state index is 0.0789. The number of aromatic nitrogens is 3. The van der Waals surface area contributed by atoms with Crippen molar-refractivity contribution in [1.82, 2.24) is 20.1 Å². The van der Waals surface area contributed by atoms with Crippen LogP contribution in [0.2, 0.25) is 0 Å². The molecule has 176 valence electrons. The predicted molar refractivity (Wildman–Crippen MR) is 130 cm³/mol. The third kappa shape index (κ3) is 5.19. The third-order valence-electron chi connectivity index (χ3n) is 7.26. The molecule has 2 aliphatic carbocycles. The number of anilines is 4. The number of hydrogen-bond donors (Lipinski definition) is 3. The van der Waals surface area contributed by atoms with Crippen LogP contribution >= 0.6 is 0 Å². The van der Waals surface area contributed by atoms with Gasteiger partial charge in [0.15, 0.2) is 11.5 Å². The molecule has 33 heavy (non-hydrogen) atoms. The first kappa shape index (κ1) is 21.9. The van der Waals surface area contributed by atoms with Crippen LogP contribution < -0.4 is 21.3 Å². The maximum absolute atomic E-state index is 11.7. The van der Waals surface area contributed by atoms with Crippen LogP contribution in [0.3, 0.4) is 0 Å². The molecule has 2 heterocycles. The van der Waals surface area contributed by atoms with Gasteiger partial charge < -0.3 is 21.3 Å². The number of benzene rings is 1. The van der Waals surface area contributed by atoms with Gasteiger partial charge in [-0.25, -0.2) is 0 Å². The number of primary amides is 1. The second-order valence-electron chi connectivity index (χ2n) is 9.46. The molecule has 9 nitrogen and oxygen atoms in total. The molecule has 3 aliphatic rings. The summed E-state index contributed by atoms with van der Waals surface area (Å²) < 4.78 is 0.